The minimum absolute atomic E-state index is 0.138. The summed E-state index contributed by atoms with van der Waals surface area (Å²) in [6.45, 7) is 0.404. The summed E-state index contributed by atoms with van der Waals surface area (Å²) in [6.07, 6.45) is 0.550. The third-order valence-corrected chi connectivity index (χ3v) is 3.48. The molecule has 4 N–H and O–H groups in total. The van der Waals surface area contributed by atoms with Crippen molar-refractivity contribution in [2.45, 2.75) is 12.5 Å². The van der Waals surface area contributed by atoms with Crippen LogP contribution in [0.15, 0.2) is 24.3 Å². The van der Waals surface area contributed by atoms with Crippen LogP contribution < -0.4 is 16.4 Å². The Balaban J connectivity index is 2.31. The average Bonchev–Trinajstić information content (AvgIpc) is 2.45. The first kappa shape index (κ1) is 14.5. The molecule has 2 atom stereocenters. The standard InChI is InChI=1S/C14H19N3O3/c1-20-8-11(15)14(19)17-7-10(13(16)18)6-9-4-2-3-5-12(9)17/h2-5,10-11H,6-8,15H2,1H3,(H2,16,18). The number of carbonyl (C=O) groups excluding carboxylic acids is 2. The summed E-state index contributed by atoms with van der Waals surface area (Å²) in [5.74, 6) is -1.05. The van der Waals surface area contributed by atoms with Crippen LogP contribution in [0, 0.1) is 5.92 Å². The molecule has 0 spiro atoms. The lowest BCUT2D eigenvalue weighted by Gasteiger charge is -2.34. The summed E-state index contributed by atoms with van der Waals surface area (Å²) in [5.41, 5.74) is 12.9. The monoisotopic (exact) mass is 277 g/mol. The molecule has 6 nitrogen and oxygen atoms in total. The quantitative estimate of drug-likeness (QED) is 0.786. The fraction of sp³-hybridized carbons (Fsp3) is 0.429. The molecular weight excluding hydrogens is 258 g/mol. The van der Waals surface area contributed by atoms with Crippen molar-refractivity contribution in [1.82, 2.24) is 0 Å². The lowest BCUT2D eigenvalue weighted by Crippen LogP contribution is -2.51. The normalized spacial score (nSPS) is 19.3. The Morgan fingerprint density at radius 1 is 1.45 bits per heavy atom. The average molecular weight is 277 g/mol. The van der Waals surface area contributed by atoms with Crippen molar-refractivity contribution in [3.05, 3.63) is 29.8 Å². The number of anilines is 1. The first-order valence-electron chi connectivity index (χ1n) is 6.47. The number of nitrogens with two attached hydrogens (primary N) is 2. The van der Waals surface area contributed by atoms with E-state index in [0.717, 1.165) is 11.3 Å². The smallest absolute Gasteiger partial charge is 0.246 e. The van der Waals surface area contributed by atoms with Gasteiger partial charge in [-0.2, -0.15) is 0 Å². The SMILES string of the molecule is COCC(N)C(=O)N1CC(C(N)=O)Cc2ccccc21. The van der Waals surface area contributed by atoms with Gasteiger partial charge in [0, 0.05) is 19.3 Å². The first-order chi connectivity index (χ1) is 9.54. The Bertz CT molecular complexity index is 518. The van der Waals surface area contributed by atoms with Gasteiger partial charge in [0.1, 0.15) is 6.04 Å². The van der Waals surface area contributed by atoms with Crippen molar-refractivity contribution < 1.29 is 14.3 Å². The lowest BCUT2D eigenvalue weighted by atomic mass is 9.91. The molecule has 0 saturated carbocycles. The third kappa shape index (κ3) is 2.81. The first-order valence-corrected chi connectivity index (χ1v) is 6.47. The van der Waals surface area contributed by atoms with E-state index in [1.54, 1.807) is 0 Å². The highest BCUT2D eigenvalue weighted by Crippen LogP contribution is 2.29. The highest BCUT2D eigenvalue weighted by Gasteiger charge is 2.33. The number of hydrogen-bond donors (Lipinski definition) is 2. The molecule has 2 amide bonds. The molecule has 0 aromatic heterocycles. The lowest BCUT2D eigenvalue weighted by molar-refractivity contribution is -0.123. The number of para-hydroxylation sites is 1. The summed E-state index contributed by atoms with van der Waals surface area (Å²) in [5, 5.41) is 0. The zero-order valence-corrected chi connectivity index (χ0v) is 11.4. The van der Waals surface area contributed by atoms with E-state index in [9.17, 15) is 9.59 Å². The molecule has 1 aromatic carbocycles. The second kappa shape index (κ2) is 6.02. The van der Waals surface area contributed by atoms with Crippen LogP contribution >= 0.6 is 0 Å². The van der Waals surface area contributed by atoms with E-state index < -0.39 is 11.9 Å². The van der Waals surface area contributed by atoms with Crippen LogP contribution in [-0.2, 0) is 20.7 Å². The van der Waals surface area contributed by atoms with E-state index in [4.69, 9.17) is 16.2 Å². The molecule has 1 aromatic rings. The molecule has 20 heavy (non-hydrogen) atoms. The highest BCUT2D eigenvalue weighted by molar-refractivity contribution is 5.99. The molecule has 1 aliphatic heterocycles. The number of benzene rings is 1. The second-order valence-electron chi connectivity index (χ2n) is 4.94. The molecule has 2 rings (SSSR count). The van der Waals surface area contributed by atoms with Gasteiger partial charge in [0.25, 0.3) is 0 Å². The summed E-state index contributed by atoms with van der Waals surface area (Å²) in [4.78, 5) is 25.4. The zero-order chi connectivity index (χ0) is 14.7. The molecule has 0 aliphatic carbocycles. The van der Waals surface area contributed by atoms with Gasteiger partial charge in [-0.3, -0.25) is 9.59 Å². The van der Waals surface area contributed by atoms with E-state index in [1.165, 1.54) is 12.0 Å². The van der Waals surface area contributed by atoms with Gasteiger partial charge in [-0.15, -0.1) is 0 Å². The number of rotatable bonds is 4. The van der Waals surface area contributed by atoms with E-state index in [-0.39, 0.29) is 25.0 Å². The predicted octanol–water partition coefficient (Wildman–Crippen LogP) is -0.349. The van der Waals surface area contributed by atoms with Crippen LogP contribution in [-0.4, -0.2) is 38.1 Å². The molecule has 6 heteroatoms. The zero-order valence-electron chi connectivity index (χ0n) is 11.4. The summed E-state index contributed by atoms with van der Waals surface area (Å²) in [7, 11) is 1.49. The maximum Gasteiger partial charge on any atom is 0.246 e. The fourth-order valence-corrected chi connectivity index (χ4v) is 2.45. The van der Waals surface area contributed by atoms with Gasteiger partial charge >= 0.3 is 0 Å². The van der Waals surface area contributed by atoms with Crippen LogP contribution in [0.25, 0.3) is 0 Å². The van der Waals surface area contributed by atoms with Crippen molar-refractivity contribution in [2.24, 2.45) is 17.4 Å². The molecule has 0 radical (unpaired) electrons. The third-order valence-electron chi connectivity index (χ3n) is 3.48. The number of methoxy groups -OCH3 is 1. The van der Waals surface area contributed by atoms with Crippen molar-refractivity contribution in [3.8, 4) is 0 Å². The number of carbonyl (C=O) groups is 2. The van der Waals surface area contributed by atoms with Gasteiger partial charge < -0.3 is 21.1 Å². The number of hydrogen-bond acceptors (Lipinski definition) is 4. The van der Waals surface area contributed by atoms with Gasteiger partial charge in [0.05, 0.1) is 12.5 Å². The molecule has 0 bridgehead atoms. The number of amides is 2. The second-order valence-corrected chi connectivity index (χ2v) is 4.94. The fourth-order valence-electron chi connectivity index (χ4n) is 2.45. The largest absolute Gasteiger partial charge is 0.383 e. The number of fused-ring (bicyclic) bond motifs is 1. The Labute approximate surface area is 117 Å². The number of nitrogens with zero attached hydrogens (tertiary/aromatic N) is 1. The maximum absolute atomic E-state index is 12.4. The van der Waals surface area contributed by atoms with E-state index in [2.05, 4.69) is 0 Å². The van der Waals surface area contributed by atoms with E-state index >= 15 is 0 Å². The summed E-state index contributed by atoms with van der Waals surface area (Å²) < 4.78 is 4.91. The van der Waals surface area contributed by atoms with Gasteiger partial charge in [-0.1, -0.05) is 18.2 Å². The van der Waals surface area contributed by atoms with Crippen LogP contribution in [0.3, 0.4) is 0 Å². The predicted molar refractivity (Wildman–Crippen MR) is 75.0 cm³/mol. The molecular formula is C14H19N3O3. The van der Waals surface area contributed by atoms with E-state index in [0.29, 0.717) is 6.42 Å². The molecule has 0 saturated heterocycles. The topological polar surface area (TPSA) is 98.7 Å². The maximum atomic E-state index is 12.4. The Kier molecular flexibility index (Phi) is 4.36. The molecule has 1 aliphatic rings. The Morgan fingerprint density at radius 3 is 2.80 bits per heavy atom. The Morgan fingerprint density at radius 2 is 2.15 bits per heavy atom. The minimum atomic E-state index is -0.750. The van der Waals surface area contributed by atoms with Crippen molar-refractivity contribution in [1.29, 1.82) is 0 Å². The molecule has 0 fully saturated rings. The van der Waals surface area contributed by atoms with Crippen LogP contribution in [0.1, 0.15) is 5.56 Å². The van der Waals surface area contributed by atoms with Crippen molar-refractivity contribution in [3.63, 3.8) is 0 Å². The highest BCUT2D eigenvalue weighted by atomic mass is 16.5. The number of ether oxygens (including phenoxy) is 1. The van der Waals surface area contributed by atoms with E-state index in [1.807, 2.05) is 24.3 Å². The van der Waals surface area contributed by atoms with Gasteiger partial charge in [-0.05, 0) is 18.1 Å². The van der Waals surface area contributed by atoms with Crippen LogP contribution in [0.4, 0.5) is 5.69 Å². The molecule has 108 valence electrons. The Hall–Kier alpha value is -1.92. The summed E-state index contributed by atoms with van der Waals surface area (Å²) >= 11 is 0. The van der Waals surface area contributed by atoms with Crippen molar-refractivity contribution in [2.75, 3.05) is 25.2 Å². The molecule has 2 unspecified atom stereocenters. The van der Waals surface area contributed by atoms with Gasteiger partial charge in [-0.25, -0.2) is 0 Å². The molecule has 1 heterocycles. The minimum Gasteiger partial charge on any atom is -0.383 e. The van der Waals surface area contributed by atoms with Crippen LogP contribution in [0.5, 0.6) is 0 Å². The van der Waals surface area contributed by atoms with Gasteiger partial charge in [0.2, 0.25) is 11.8 Å². The summed E-state index contributed by atoms with van der Waals surface area (Å²) in [6, 6.07) is 6.72. The van der Waals surface area contributed by atoms with Gasteiger partial charge in [0.15, 0.2) is 0 Å². The van der Waals surface area contributed by atoms with Crippen molar-refractivity contribution >= 4 is 17.5 Å². The van der Waals surface area contributed by atoms with Crippen LogP contribution in [0.2, 0.25) is 0 Å². The number of primary amides is 1.